The van der Waals surface area contributed by atoms with Gasteiger partial charge in [0.25, 0.3) is 0 Å². The molecule has 1 rings (SSSR count). The molecule has 0 saturated carbocycles. The average molecular weight is 233 g/mol. The third kappa shape index (κ3) is 4.68. The van der Waals surface area contributed by atoms with E-state index in [4.69, 9.17) is 5.73 Å². The summed E-state index contributed by atoms with van der Waals surface area (Å²) in [5.74, 6) is 0.275. The molecule has 0 aromatic heterocycles. The van der Waals surface area contributed by atoms with Crippen LogP contribution in [0.15, 0.2) is 29.4 Å². The predicted octanol–water partition coefficient (Wildman–Crippen LogP) is 2.16. The maximum Gasteiger partial charge on any atom is 0.240 e. The van der Waals surface area contributed by atoms with E-state index >= 15 is 0 Å². The molecule has 1 aromatic rings. The Morgan fingerprint density at radius 2 is 1.94 bits per heavy atom. The number of nitrogens with one attached hydrogen (secondary N) is 1. The Morgan fingerprint density at radius 1 is 1.35 bits per heavy atom. The van der Waals surface area contributed by atoms with Crippen LogP contribution in [0.25, 0.3) is 0 Å². The van der Waals surface area contributed by atoms with Gasteiger partial charge in [-0.05, 0) is 30.5 Å². The molecule has 0 spiro atoms. The Labute approximate surface area is 102 Å². The van der Waals surface area contributed by atoms with Crippen LogP contribution in [0.4, 0.5) is 5.69 Å². The Balaban J connectivity index is 2.60. The SMILES string of the molecule is CC(=NNC(=O)CC(C)C)c1ccc(N)cc1. The van der Waals surface area contributed by atoms with Gasteiger partial charge in [0, 0.05) is 12.1 Å². The summed E-state index contributed by atoms with van der Waals surface area (Å²) < 4.78 is 0. The Kier molecular flexibility index (Phi) is 4.69. The van der Waals surface area contributed by atoms with Crippen LogP contribution in [-0.2, 0) is 4.79 Å². The molecule has 0 aliphatic rings. The lowest BCUT2D eigenvalue weighted by Crippen LogP contribution is -2.20. The first kappa shape index (κ1) is 13.2. The van der Waals surface area contributed by atoms with Gasteiger partial charge in [-0.25, -0.2) is 5.43 Å². The van der Waals surface area contributed by atoms with Crippen LogP contribution in [-0.4, -0.2) is 11.6 Å². The van der Waals surface area contributed by atoms with Gasteiger partial charge in [-0.3, -0.25) is 4.79 Å². The molecule has 0 atom stereocenters. The van der Waals surface area contributed by atoms with Gasteiger partial charge in [0.15, 0.2) is 0 Å². The zero-order chi connectivity index (χ0) is 12.8. The number of nitrogens with zero attached hydrogens (tertiary/aromatic N) is 1. The Morgan fingerprint density at radius 3 is 2.47 bits per heavy atom. The van der Waals surface area contributed by atoms with Crippen molar-refractivity contribution in [1.82, 2.24) is 5.43 Å². The highest BCUT2D eigenvalue weighted by Crippen LogP contribution is 2.06. The monoisotopic (exact) mass is 233 g/mol. The smallest absolute Gasteiger partial charge is 0.240 e. The Hall–Kier alpha value is -1.84. The molecule has 17 heavy (non-hydrogen) atoms. The van der Waals surface area contributed by atoms with Crippen LogP contribution in [0, 0.1) is 5.92 Å². The van der Waals surface area contributed by atoms with Gasteiger partial charge in [0.2, 0.25) is 5.91 Å². The average Bonchev–Trinajstić information content (AvgIpc) is 2.26. The van der Waals surface area contributed by atoms with E-state index < -0.39 is 0 Å². The topological polar surface area (TPSA) is 67.5 Å². The minimum atomic E-state index is -0.0604. The third-order valence-corrected chi connectivity index (χ3v) is 2.27. The number of rotatable bonds is 4. The summed E-state index contributed by atoms with van der Waals surface area (Å²) >= 11 is 0. The van der Waals surface area contributed by atoms with E-state index in [0.717, 1.165) is 11.3 Å². The summed E-state index contributed by atoms with van der Waals surface area (Å²) in [4.78, 5) is 11.4. The molecule has 1 aromatic carbocycles. The van der Waals surface area contributed by atoms with E-state index in [2.05, 4.69) is 10.5 Å². The van der Waals surface area contributed by atoms with Gasteiger partial charge in [-0.1, -0.05) is 26.0 Å². The number of amides is 1. The van der Waals surface area contributed by atoms with Gasteiger partial charge in [0.1, 0.15) is 0 Å². The molecular formula is C13H19N3O. The zero-order valence-corrected chi connectivity index (χ0v) is 10.5. The van der Waals surface area contributed by atoms with Crippen molar-refractivity contribution in [3.05, 3.63) is 29.8 Å². The van der Waals surface area contributed by atoms with Crippen LogP contribution >= 0.6 is 0 Å². The van der Waals surface area contributed by atoms with E-state index in [0.29, 0.717) is 18.0 Å². The molecule has 4 nitrogen and oxygen atoms in total. The molecule has 1 amide bonds. The maximum absolute atomic E-state index is 11.4. The zero-order valence-electron chi connectivity index (χ0n) is 10.5. The van der Waals surface area contributed by atoms with Crippen molar-refractivity contribution < 1.29 is 4.79 Å². The number of hydrogen-bond donors (Lipinski definition) is 2. The van der Waals surface area contributed by atoms with Crippen LogP contribution in [0.1, 0.15) is 32.8 Å². The van der Waals surface area contributed by atoms with Crippen molar-refractivity contribution >= 4 is 17.3 Å². The largest absolute Gasteiger partial charge is 0.399 e. The molecular weight excluding hydrogens is 214 g/mol. The molecule has 0 bridgehead atoms. The van der Waals surface area contributed by atoms with E-state index in [1.54, 1.807) is 0 Å². The van der Waals surface area contributed by atoms with E-state index in [9.17, 15) is 4.79 Å². The third-order valence-electron chi connectivity index (χ3n) is 2.27. The normalized spacial score (nSPS) is 11.6. The van der Waals surface area contributed by atoms with E-state index in [1.807, 2.05) is 45.0 Å². The van der Waals surface area contributed by atoms with Gasteiger partial charge >= 0.3 is 0 Å². The number of carbonyl (C=O) groups excluding carboxylic acids is 1. The summed E-state index contributed by atoms with van der Waals surface area (Å²) in [6.07, 6.45) is 0.485. The lowest BCUT2D eigenvalue weighted by molar-refractivity contribution is -0.121. The highest BCUT2D eigenvalue weighted by Gasteiger charge is 2.03. The molecule has 0 radical (unpaired) electrons. The molecule has 0 aliphatic heterocycles. The van der Waals surface area contributed by atoms with E-state index in [1.165, 1.54) is 0 Å². The molecule has 0 aliphatic carbocycles. The van der Waals surface area contributed by atoms with Crippen LogP contribution in [0.2, 0.25) is 0 Å². The van der Waals surface area contributed by atoms with Crippen LogP contribution in [0.5, 0.6) is 0 Å². The molecule has 3 N–H and O–H groups in total. The van der Waals surface area contributed by atoms with Gasteiger partial charge in [-0.2, -0.15) is 5.10 Å². The standard InChI is InChI=1S/C13H19N3O/c1-9(2)8-13(17)16-15-10(3)11-4-6-12(14)7-5-11/h4-7,9H,8,14H2,1-3H3,(H,16,17). The first-order valence-corrected chi connectivity index (χ1v) is 5.68. The van der Waals surface area contributed by atoms with Gasteiger partial charge < -0.3 is 5.73 Å². The number of hydrogen-bond acceptors (Lipinski definition) is 3. The van der Waals surface area contributed by atoms with Crippen LogP contribution < -0.4 is 11.2 Å². The number of nitrogens with two attached hydrogens (primary N) is 1. The fourth-order valence-corrected chi connectivity index (χ4v) is 1.35. The van der Waals surface area contributed by atoms with Crippen molar-refractivity contribution in [3.8, 4) is 0 Å². The van der Waals surface area contributed by atoms with Crippen molar-refractivity contribution in [3.63, 3.8) is 0 Å². The first-order valence-electron chi connectivity index (χ1n) is 5.68. The van der Waals surface area contributed by atoms with E-state index in [-0.39, 0.29) is 5.91 Å². The lowest BCUT2D eigenvalue weighted by atomic mass is 10.1. The second-order valence-electron chi connectivity index (χ2n) is 4.45. The number of hydrazone groups is 1. The summed E-state index contributed by atoms with van der Waals surface area (Å²) in [6.45, 7) is 5.84. The number of benzene rings is 1. The minimum absolute atomic E-state index is 0.0604. The molecule has 0 unspecified atom stereocenters. The number of nitrogen functional groups attached to an aromatic ring is 1. The van der Waals surface area contributed by atoms with Crippen molar-refractivity contribution in [2.24, 2.45) is 11.0 Å². The number of carbonyl (C=O) groups is 1. The van der Waals surface area contributed by atoms with Gasteiger partial charge in [-0.15, -0.1) is 0 Å². The summed E-state index contributed by atoms with van der Waals surface area (Å²) in [5.41, 5.74) is 10.6. The molecule has 0 heterocycles. The quantitative estimate of drug-likeness (QED) is 0.475. The second kappa shape index (κ2) is 6.03. The summed E-state index contributed by atoms with van der Waals surface area (Å²) in [6, 6.07) is 7.38. The molecule has 92 valence electrons. The highest BCUT2D eigenvalue weighted by atomic mass is 16.2. The van der Waals surface area contributed by atoms with Gasteiger partial charge in [0.05, 0.1) is 5.71 Å². The highest BCUT2D eigenvalue weighted by molar-refractivity contribution is 5.99. The van der Waals surface area contributed by atoms with Crippen molar-refractivity contribution in [1.29, 1.82) is 0 Å². The first-order chi connectivity index (χ1) is 7.99. The lowest BCUT2D eigenvalue weighted by Gasteiger charge is -2.05. The summed E-state index contributed by atoms with van der Waals surface area (Å²) in [5, 5.41) is 4.05. The minimum Gasteiger partial charge on any atom is -0.399 e. The fourth-order valence-electron chi connectivity index (χ4n) is 1.35. The maximum atomic E-state index is 11.4. The summed E-state index contributed by atoms with van der Waals surface area (Å²) in [7, 11) is 0. The molecule has 0 saturated heterocycles. The fraction of sp³-hybridized carbons (Fsp3) is 0.385. The van der Waals surface area contributed by atoms with Crippen LogP contribution in [0.3, 0.4) is 0 Å². The number of anilines is 1. The van der Waals surface area contributed by atoms with Crippen molar-refractivity contribution in [2.75, 3.05) is 5.73 Å². The molecule has 0 fully saturated rings. The Bertz CT molecular complexity index is 407. The van der Waals surface area contributed by atoms with Crippen molar-refractivity contribution in [2.45, 2.75) is 27.2 Å². The second-order valence-corrected chi connectivity index (χ2v) is 4.45. The predicted molar refractivity (Wildman–Crippen MR) is 70.7 cm³/mol. The molecule has 4 heteroatoms.